The van der Waals surface area contributed by atoms with Gasteiger partial charge in [-0.2, -0.15) is 15.0 Å². The summed E-state index contributed by atoms with van der Waals surface area (Å²) in [5.74, 6) is 0.875. The Bertz CT molecular complexity index is 227. The Morgan fingerprint density at radius 2 is 1.33 bits per heavy atom. The van der Waals surface area contributed by atoms with E-state index in [1.54, 1.807) is 6.92 Å². The predicted molar refractivity (Wildman–Crippen MR) is 56.8 cm³/mol. The van der Waals surface area contributed by atoms with Crippen LogP contribution >= 0.6 is 0 Å². The highest BCUT2D eigenvalue weighted by Crippen LogP contribution is 1.94. The lowest BCUT2D eigenvalue weighted by Crippen LogP contribution is -2.03. The number of hydrogen-bond donors (Lipinski definition) is 4. The smallest absolute Gasteiger partial charge is 0.225 e. The second kappa shape index (κ2) is 7.89. The Labute approximate surface area is 88.2 Å². The van der Waals surface area contributed by atoms with Crippen molar-refractivity contribution in [3.8, 4) is 0 Å². The zero-order valence-electron chi connectivity index (χ0n) is 8.72. The van der Waals surface area contributed by atoms with Gasteiger partial charge in [-0.15, -0.1) is 0 Å². The molecule has 0 saturated carbocycles. The first-order valence-corrected chi connectivity index (χ1v) is 4.55. The fraction of sp³-hybridized carbons (Fsp3) is 0.625. The van der Waals surface area contributed by atoms with Crippen molar-refractivity contribution in [1.29, 1.82) is 0 Å². The van der Waals surface area contributed by atoms with Crippen molar-refractivity contribution >= 4 is 11.9 Å². The number of nitrogen functional groups attached to an aromatic ring is 2. The summed E-state index contributed by atoms with van der Waals surface area (Å²) < 4.78 is 0. The van der Waals surface area contributed by atoms with Crippen molar-refractivity contribution in [2.75, 3.05) is 24.7 Å². The molecule has 7 nitrogen and oxygen atoms in total. The highest BCUT2D eigenvalue weighted by Gasteiger charge is 1.93. The topological polar surface area (TPSA) is 131 Å². The third-order valence-corrected chi connectivity index (χ3v) is 1.35. The number of rotatable bonds is 3. The Kier molecular flexibility index (Phi) is 7.12. The van der Waals surface area contributed by atoms with Gasteiger partial charge in [0.05, 0.1) is 0 Å². The zero-order chi connectivity index (χ0) is 11.7. The highest BCUT2D eigenvalue weighted by atomic mass is 16.3. The number of hydrogen-bond acceptors (Lipinski definition) is 7. The first kappa shape index (κ1) is 13.5. The number of aromatic nitrogens is 3. The van der Waals surface area contributed by atoms with Gasteiger partial charge < -0.3 is 21.7 Å². The van der Waals surface area contributed by atoms with Crippen molar-refractivity contribution in [1.82, 2.24) is 15.0 Å². The summed E-state index contributed by atoms with van der Waals surface area (Å²) in [6.07, 6.45) is 1.44. The maximum Gasteiger partial charge on any atom is 0.225 e. The van der Waals surface area contributed by atoms with E-state index in [1.165, 1.54) is 0 Å². The van der Waals surface area contributed by atoms with Crippen molar-refractivity contribution < 1.29 is 10.2 Å². The normalized spacial score (nSPS) is 9.27. The number of nitrogens with two attached hydrogens (primary N) is 2. The molecule has 0 aliphatic heterocycles. The molecule has 0 radical (unpaired) electrons. The first-order chi connectivity index (χ1) is 7.10. The highest BCUT2D eigenvalue weighted by molar-refractivity contribution is 5.25. The van der Waals surface area contributed by atoms with Gasteiger partial charge in [-0.1, -0.05) is 0 Å². The molecule has 6 N–H and O–H groups in total. The summed E-state index contributed by atoms with van der Waals surface area (Å²) in [6.45, 7) is 2.09. The average molecular weight is 215 g/mol. The van der Waals surface area contributed by atoms with Gasteiger partial charge in [-0.25, -0.2) is 0 Å². The molecule has 0 atom stereocenters. The molecule has 0 unspecified atom stereocenters. The molecule has 15 heavy (non-hydrogen) atoms. The van der Waals surface area contributed by atoms with Gasteiger partial charge in [-0.3, -0.25) is 0 Å². The van der Waals surface area contributed by atoms with E-state index in [2.05, 4.69) is 15.0 Å². The molecular weight excluding hydrogens is 198 g/mol. The summed E-state index contributed by atoms with van der Waals surface area (Å²) >= 11 is 0. The van der Waals surface area contributed by atoms with E-state index in [4.69, 9.17) is 21.7 Å². The van der Waals surface area contributed by atoms with Gasteiger partial charge in [0.25, 0.3) is 0 Å². The molecular formula is C8H17N5O2. The van der Waals surface area contributed by atoms with Crippen LogP contribution in [-0.4, -0.2) is 38.4 Å². The summed E-state index contributed by atoms with van der Waals surface area (Å²) in [5.41, 5.74) is 10.4. The van der Waals surface area contributed by atoms with Crippen molar-refractivity contribution in [2.24, 2.45) is 0 Å². The van der Waals surface area contributed by atoms with Gasteiger partial charge in [-0.05, 0) is 19.8 Å². The fourth-order valence-electron chi connectivity index (χ4n) is 0.748. The molecule has 1 heterocycles. The van der Waals surface area contributed by atoms with E-state index >= 15 is 0 Å². The van der Waals surface area contributed by atoms with E-state index in [0.717, 1.165) is 12.8 Å². The van der Waals surface area contributed by atoms with Crippen LogP contribution in [0.4, 0.5) is 11.9 Å². The van der Waals surface area contributed by atoms with Gasteiger partial charge in [0.1, 0.15) is 5.82 Å². The largest absolute Gasteiger partial charge is 0.396 e. The predicted octanol–water partition coefficient (Wildman–Crippen LogP) is -0.904. The van der Waals surface area contributed by atoms with Crippen LogP contribution in [0.2, 0.25) is 0 Å². The first-order valence-electron chi connectivity index (χ1n) is 4.55. The van der Waals surface area contributed by atoms with Gasteiger partial charge in [0.2, 0.25) is 11.9 Å². The number of aliphatic hydroxyl groups excluding tert-OH is 2. The zero-order valence-corrected chi connectivity index (χ0v) is 8.72. The minimum absolute atomic E-state index is 0.167. The molecule has 1 aromatic rings. The Morgan fingerprint density at radius 1 is 0.933 bits per heavy atom. The molecule has 0 fully saturated rings. The van der Waals surface area contributed by atoms with Crippen LogP contribution in [0.25, 0.3) is 0 Å². The molecule has 1 rings (SSSR count). The van der Waals surface area contributed by atoms with Crippen LogP contribution in [0.1, 0.15) is 18.7 Å². The summed E-state index contributed by atoms with van der Waals surface area (Å²) in [7, 11) is 0. The maximum absolute atomic E-state index is 8.09. The van der Waals surface area contributed by atoms with E-state index in [1.807, 2.05) is 0 Å². The summed E-state index contributed by atoms with van der Waals surface area (Å²) in [4.78, 5) is 11.0. The fourth-order valence-corrected chi connectivity index (χ4v) is 0.748. The third-order valence-electron chi connectivity index (χ3n) is 1.35. The third kappa shape index (κ3) is 7.59. The second-order valence-corrected chi connectivity index (χ2v) is 2.75. The lowest BCUT2D eigenvalue weighted by molar-refractivity contribution is 0.242. The molecule has 7 heteroatoms. The maximum atomic E-state index is 8.09. The molecule has 0 bridgehead atoms. The van der Waals surface area contributed by atoms with Crippen LogP contribution in [0, 0.1) is 6.92 Å². The lowest BCUT2D eigenvalue weighted by Gasteiger charge is -1.93. The molecule has 0 spiro atoms. The van der Waals surface area contributed by atoms with Crippen LogP contribution in [0.15, 0.2) is 0 Å². The Balaban J connectivity index is 0.000000288. The van der Waals surface area contributed by atoms with E-state index in [-0.39, 0.29) is 25.1 Å². The minimum atomic E-state index is 0.167. The van der Waals surface area contributed by atoms with Crippen LogP contribution < -0.4 is 11.5 Å². The van der Waals surface area contributed by atoms with E-state index in [9.17, 15) is 0 Å². The van der Waals surface area contributed by atoms with Crippen molar-refractivity contribution in [2.45, 2.75) is 19.8 Å². The standard InChI is InChI=1S/C4H7N5.C4H10O2/c1-2-7-3(5)9-4(6)8-2;5-3-1-2-4-6/h1H3,(H4,5,6,7,8,9);5-6H,1-4H2. The van der Waals surface area contributed by atoms with Crippen LogP contribution in [-0.2, 0) is 0 Å². The number of nitrogens with zero attached hydrogens (tertiary/aromatic N) is 3. The second-order valence-electron chi connectivity index (χ2n) is 2.75. The number of unbranched alkanes of at least 4 members (excludes halogenated alkanes) is 1. The average Bonchev–Trinajstić information content (AvgIpc) is 2.13. The molecule has 0 aliphatic rings. The van der Waals surface area contributed by atoms with Gasteiger partial charge in [0.15, 0.2) is 0 Å². The molecule has 0 amide bonds. The monoisotopic (exact) mass is 215 g/mol. The quantitative estimate of drug-likeness (QED) is 0.480. The Morgan fingerprint density at radius 3 is 1.60 bits per heavy atom. The SMILES string of the molecule is Cc1nc(N)nc(N)n1.OCCCCO. The minimum Gasteiger partial charge on any atom is -0.396 e. The molecule has 1 aromatic heterocycles. The summed E-state index contributed by atoms with van der Waals surface area (Å²) in [6, 6.07) is 0. The van der Waals surface area contributed by atoms with E-state index in [0.29, 0.717) is 5.82 Å². The number of anilines is 2. The molecule has 0 saturated heterocycles. The molecule has 86 valence electrons. The molecule has 0 aliphatic carbocycles. The van der Waals surface area contributed by atoms with Crippen molar-refractivity contribution in [3.05, 3.63) is 5.82 Å². The molecule has 0 aromatic carbocycles. The van der Waals surface area contributed by atoms with Gasteiger partial charge >= 0.3 is 0 Å². The Hall–Kier alpha value is -1.47. The number of aliphatic hydroxyl groups is 2. The van der Waals surface area contributed by atoms with E-state index < -0.39 is 0 Å². The lowest BCUT2D eigenvalue weighted by atomic mass is 10.3. The summed E-state index contributed by atoms with van der Waals surface area (Å²) in [5, 5.41) is 16.2. The van der Waals surface area contributed by atoms with Crippen molar-refractivity contribution in [3.63, 3.8) is 0 Å². The van der Waals surface area contributed by atoms with Crippen LogP contribution in [0.5, 0.6) is 0 Å². The number of aryl methyl sites for hydroxylation is 1. The van der Waals surface area contributed by atoms with Gasteiger partial charge in [0, 0.05) is 13.2 Å². The van der Waals surface area contributed by atoms with Crippen LogP contribution in [0.3, 0.4) is 0 Å².